The quantitative estimate of drug-likeness (QED) is 0.881. The van der Waals surface area contributed by atoms with E-state index in [0.29, 0.717) is 18.9 Å². The number of nitrogens with one attached hydrogen (secondary N) is 1. The maximum Gasteiger partial charge on any atom is 0.213 e. The van der Waals surface area contributed by atoms with E-state index in [1.165, 1.54) is 0 Å². The van der Waals surface area contributed by atoms with E-state index in [1.54, 1.807) is 11.2 Å². The topological polar surface area (TPSA) is 84.4 Å². The van der Waals surface area contributed by atoms with Gasteiger partial charge in [-0.3, -0.25) is 0 Å². The highest BCUT2D eigenvalue weighted by atomic mass is 32.2. The number of fused-ring (bicyclic) bond motifs is 1. The van der Waals surface area contributed by atoms with Crippen LogP contribution in [-0.2, 0) is 14.8 Å². The lowest BCUT2D eigenvalue weighted by atomic mass is 9.86. The van der Waals surface area contributed by atoms with Crippen molar-refractivity contribution in [3.63, 3.8) is 0 Å². The zero-order valence-corrected chi connectivity index (χ0v) is 14.4. The van der Waals surface area contributed by atoms with Crippen molar-refractivity contribution in [2.24, 2.45) is 5.92 Å². The Hall–Kier alpha value is -1.25. The van der Waals surface area contributed by atoms with E-state index in [-0.39, 0.29) is 23.8 Å². The van der Waals surface area contributed by atoms with Gasteiger partial charge >= 0.3 is 0 Å². The average molecular weight is 340 g/mol. The SMILES string of the molecule is CCS(=O)(=O)N1C[C@@H]2CCCO[C@@H]2[C@H](Nc2ccc(C)nn2)C1. The van der Waals surface area contributed by atoms with Crippen LogP contribution in [0.15, 0.2) is 12.1 Å². The highest BCUT2D eigenvalue weighted by Gasteiger charge is 2.42. The summed E-state index contributed by atoms with van der Waals surface area (Å²) in [6.45, 7) is 5.27. The highest BCUT2D eigenvalue weighted by molar-refractivity contribution is 7.89. The molecule has 23 heavy (non-hydrogen) atoms. The summed E-state index contributed by atoms with van der Waals surface area (Å²) < 4.78 is 32.2. The van der Waals surface area contributed by atoms with E-state index >= 15 is 0 Å². The van der Waals surface area contributed by atoms with Crippen molar-refractivity contribution in [3.8, 4) is 0 Å². The maximum absolute atomic E-state index is 12.3. The monoisotopic (exact) mass is 340 g/mol. The lowest BCUT2D eigenvalue weighted by Gasteiger charge is -2.45. The smallest absolute Gasteiger partial charge is 0.213 e. The molecule has 0 amide bonds. The van der Waals surface area contributed by atoms with Crippen molar-refractivity contribution in [2.45, 2.75) is 38.8 Å². The summed E-state index contributed by atoms with van der Waals surface area (Å²) in [7, 11) is -3.20. The van der Waals surface area contributed by atoms with Crippen molar-refractivity contribution in [3.05, 3.63) is 17.8 Å². The van der Waals surface area contributed by atoms with Crippen LogP contribution in [0.5, 0.6) is 0 Å². The van der Waals surface area contributed by atoms with Gasteiger partial charge in [-0.2, -0.15) is 9.40 Å². The largest absolute Gasteiger partial charge is 0.376 e. The Morgan fingerprint density at radius 3 is 2.87 bits per heavy atom. The van der Waals surface area contributed by atoms with Gasteiger partial charge in [0.15, 0.2) is 0 Å². The summed E-state index contributed by atoms with van der Waals surface area (Å²) in [4.78, 5) is 0. The molecule has 2 aliphatic rings. The van der Waals surface area contributed by atoms with Crippen molar-refractivity contribution in [1.82, 2.24) is 14.5 Å². The van der Waals surface area contributed by atoms with E-state index in [0.717, 1.165) is 25.1 Å². The van der Waals surface area contributed by atoms with Gasteiger partial charge in [0.25, 0.3) is 0 Å². The molecule has 0 aromatic carbocycles. The third kappa shape index (κ3) is 3.64. The van der Waals surface area contributed by atoms with Crippen LogP contribution in [-0.4, -0.2) is 60.5 Å². The number of rotatable bonds is 4. The van der Waals surface area contributed by atoms with Gasteiger partial charge < -0.3 is 10.1 Å². The molecule has 8 heteroatoms. The molecule has 0 saturated carbocycles. The first-order chi connectivity index (χ1) is 11.0. The maximum atomic E-state index is 12.3. The molecule has 128 valence electrons. The minimum atomic E-state index is -3.20. The van der Waals surface area contributed by atoms with Crippen LogP contribution in [0.4, 0.5) is 5.82 Å². The number of anilines is 1. The molecule has 3 heterocycles. The Morgan fingerprint density at radius 2 is 2.17 bits per heavy atom. The molecule has 0 unspecified atom stereocenters. The second kappa shape index (κ2) is 6.70. The third-order valence-corrected chi connectivity index (χ3v) is 6.43. The molecule has 1 N–H and O–H groups in total. The fourth-order valence-corrected chi connectivity index (χ4v) is 4.54. The summed E-state index contributed by atoms with van der Waals surface area (Å²) in [5.74, 6) is 1.02. The first-order valence-electron chi connectivity index (χ1n) is 8.16. The highest BCUT2D eigenvalue weighted by Crippen LogP contribution is 2.31. The number of nitrogens with zero attached hydrogens (tertiary/aromatic N) is 3. The zero-order valence-electron chi connectivity index (χ0n) is 13.6. The third-order valence-electron chi connectivity index (χ3n) is 4.62. The Kier molecular flexibility index (Phi) is 4.84. The van der Waals surface area contributed by atoms with E-state index in [2.05, 4.69) is 15.5 Å². The Morgan fingerprint density at radius 1 is 1.35 bits per heavy atom. The molecule has 1 aromatic rings. The number of piperidine rings is 1. The van der Waals surface area contributed by atoms with Gasteiger partial charge in [0.1, 0.15) is 5.82 Å². The Labute approximate surface area is 137 Å². The van der Waals surface area contributed by atoms with Gasteiger partial charge in [-0.25, -0.2) is 8.42 Å². The van der Waals surface area contributed by atoms with Crippen molar-refractivity contribution in [2.75, 3.05) is 30.8 Å². The summed E-state index contributed by atoms with van der Waals surface area (Å²) in [6, 6.07) is 3.65. The van der Waals surface area contributed by atoms with Gasteiger partial charge in [0.05, 0.1) is 23.6 Å². The van der Waals surface area contributed by atoms with Crippen LogP contribution in [0, 0.1) is 12.8 Å². The number of hydrogen-bond donors (Lipinski definition) is 1. The van der Waals surface area contributed by atoms with Crippen molar-refractivity contribution in [1.29, 1.82) is 0 Å². The fourth-order valence-electron chi connectivity index (χ4n) is 3.37. The number of hydrogen-bond acceptors (Lipinski definition) is 6. The molecule has 7 nitrogen and oxygen atoms in total. The predicted octanol–water partition coefficient (Wildman–Crippen LogP) is 1.03. The van der Waals surface area contributed by atoms with Crippen LogP contribution in [0.25, 0.3) is 0 Å². The van der Waals surface area contributed by atoms with Gasteiger partial charge in [0, 0.05) is 25.6 Å². The van der Waals surface area contributed by atoms with Crippen LogP contribution >= 0.6 is 0 Å². The van der Waals surface area contributed by atoms with Gasteiger partial charge in [0.2, 0.25) is 10.0 Å². The number of sulfonamides is 1. The number of aromatic nitrogens is 2. The molecule has 3 rings (SSSR count). The molecular formula is C15H24N4O3S. The normalized spacial score (nSPS) is 29.0. The summed E-state index contributed by atoms with van der Waals surface area (Å²) in [5.41, 5.74) is 0.848. The van der Waals surface area contributed by atoms with Crippen LogP contribution < -0.4 is 5.32 Å². The van der Waals surface area contributed by atoms with E-state index in [9.17, 15) is 8.42 Å². The first kappa shape index (κ1) is 16.6. The van der Waals surface area contributed by atoms with E-state index in [1.807, 2.05) is 19.1 Å². The zero-order chi connectivity index (χ0) is 16.4. The van der Waals surface area contributed by atoms with Gasteiger partial charge in [-0.05, 0) is 38.8 Å². The minimum absolute atomic E-state index is 0.0233. The summed E-state index contributed by atoms with van der Waals surface area (Å²) in [5, 5.41) is 11.5. The molecule has 3 atom stereocenters. The number of aryl methyl sites for hydroxylation is 1. The molecule has 0 aliphatic carbocycles. The second-order valence-corrected chi connectivity index (χ2v) is 8.52. The molecule has 0 bridgehead atoms. The molecule has 2 fully saturated rings. The molecule has 0 radical (unpaired) electrons. The predicted molar refractivity (Wildman–Crippen MR) is 87.7 cm³/mol. The van der Waals surface area contributed by atoms with Crippen LogP contribution in [0.3, 0.4) is 0 Å². The molecular weight excluding hydrogens is 316 g/mol. The Balaban J connectivity index is 1.81. The van der Waals surface area contributed by atoms with Gasteiger partial charge in [-0.1, -0.05) is 0 Å². The molecule has 2 saturated heterocycles. The van der Waals surface area contributed by atoms with Crippen LogP contribution in [0.1, 0.15) is 25.5 Å². The first-order valence-corrected chi connectivity index (χ1v) is 9.77. The van der Waals surface area contributed by atoms with E-state index in [4.69, 9.17) is 4.74 Å². The Bertz CT molecular complexity index is 635. The van der Waals surface area contributed by atoms with Crippen LogP contribution in [0.2, 0.25) is 0 Å². The molecule has 2 aliphatic heterocycles. The van der Waals surface area contributed by atoms with Crippen molar-refractivity contribution < 1.29 is 13.2 Å². The summed E-state index contributed by atoms with van der Waals surface area (Å²) >= 11 is 0. The average Bonchev–Trinajstić information content (AvgIpc) is 2.57. The second-order valence-electron chi connectivity index (χ2n) is 6.27. The van der Waals surface area contributed by atoms with Crippen molar-refractivity contribution >= 4 is 15.8 Å². The molecule has 0 spiro atoms. The molecule has 1 aromatic heterocycles. The summed E-state index contributed by atoms with van der Waals surface area (Å²) in [6.07, 6.45) is 2.01. The standard InChI is InChI=1S/C15H24N4O3S/c1-3-23(20,21)19-9-12-5-4-8-22-15(12)13(10-19)16-14-7-6-11(2)17-18-14/h6-7,12-13,15H,3-5,8-10H2,1-2H3,(H,16,18)/t12-,13+,15-/m0/s1. The van der Waals surface area contributed by atoms with Gasteiger partial charge in [-0.15, -0.1) is 5.10 Å². The lowest BCUT2D eigenvalue weighted by Crippen LogP contribution is -2.59. The van der Waals surface area contributed by atoms with E-state index < -0.39 is 10.0 Å². The number of ether oxygens (including phenoxy) is 1. The fraction of sp³-hybridized carbons (Fsp3) is 0.733. The lowest BCUT2D eigenvalue weighted by molar-refractivity contribution is -0.0604. The minimum Gasteiger partial charge on any atom is -0.376 e.